The number of hydrogen-bond donors (Lipinski definition) is 1. The first-order valence-electron chi connectivity index (χ1n) is 8.50. The number of aromatic nitrogens is 4. The van der Waals surface area contributed by atoms with Crippen LogP contribution in [0.4, 0.5) is 0 Å². The minimum atomic E-state index is -0.962. The zero-order chi connectivity index (χ0) is 19.5. The van der Waals surface area contributed by atoms with Crippen molar-refractivity contribution in [1.29, 1.82) is 0 Å². The van der Waals surface area contributed by atoms with Crippen LogP contribution in [0, 0.1) is 0 Å². The third kappa shape index (κ3) is 3.45. The highest BCUT2D eigenvalue weighted by atomic mass is 16.5. The zero-order valence-electron chi connectivity index (χ0n) is 15.0. The molecule has 138 valence electrons. The van der Waals surface area contributed by atoms with E-state index in [0.717, 1.165) is 28.1 Å². The Bertz CT molecular complexity index is 1140. The van der Waals surface area contributed by atoms with Gasteiger partial charge < -0.3 is 9.84 Å². The lowest BCUT2D eigenvalue weighted by atomic mass is 10.1. The smallest absolute Gasteiger partial charge is 0.335 e. The van der Waals surface area contributed by atoms with Gasteiger partial charge in [0, 0.05) is 17.3 Å². The molecule has 2 aromatic carbocycles. The lowest BCUT2D eigenvalue weighted by molar-refractivity contribution is 0.0697. The molecule has 0 spiro atoms. The lowest BCUT2D eigenvalue weighted by Crippen LogP contribution is -1.96. The Labute approximate surface area is 160 Å². The van der Waals surface area contributed by atoms with E-state index in [1.165, 1.54) is 0 Å². The molecule has 1 N–H and O–H groups in total. The van der Waals surface area contributed by atoms with Crippen molar-refractivity contribution in [3.05, 3.63) is 78.8 Å². The first-order chi connectivity index (χ1) is 13.6. The summed E-state index contributed by atoms with van der Waals surface area (Å²) >= 11 is 0. The Morgan fingerprint density at radius 3 is 2.57 bits per heavy atom. The number of nitrogens with zero attached hydrogens (tertiary/aromatic N) is 4. The first kappa shape index (κ1) is 17.4. The van der Waals surface area contributed by atoms with Crippen molar-refractivity contribution in [2.45, 2.75) is 0 Å². The van der Waals surface area contributed by atoms with Crippen LogP contribution in [0.5, 0.6) is 5.75 Å². The van der Waals surface area contributed by atoms with Crippen molar-refractivity contribution in [2.24, 2.45) is 0 Å². The standard InChI is InChI=1S/C21H16N4O3/c1-28-19-4-2-3-16(10-19)17-9-18(12-22-11-17)25-13-20(23-24-25)14-5-7-15(8-6-14)21(26)27/h2-13H,1H3,(H,26,27). The van der Waals surface area contributed by atoms with E-state index in [4.69, 9.17) is 9.84 Å². The van der Waals surface area contributed by atoms with E-state index < -0.39 is 5.97 Å². The summed E-state index contributed by atoms with van der Waals surface area (Å²) in [5, 5.41) is 17.4. The number of aromatic carboxylic acids is 1. The van der Waals surface area contributed by atoms with Crippen molar-refractivity contribution in [1.82, 2.24) is 20.0 Å². The van der Waals surface area contributed by atoms with Crippen LogP contribution in [0.1, 0.15) is 10.4 Å². The number of hydrogen-bond acceptors (Lipinski definition) is 5. The van der Waals surface area contributed by atoms with Gasteiger partial charge in [0.15, 0.2) is 0 Å². The van der Waals surface area contributed by atoms with Gasteiger partial charge in [0.25, 0.3) is 0 Å². The average Bonchev–Trinajstić information content (AvgIpc) is 3.24. The van der Waals surface area contributed by atoms with Crippen molar-refractivity contribution >= 4 is 5.97 Å². The van der Waals surface area contributed by atoms with Crippen LogP contribution < -0.4 is 4.74 Å². The van der Waals surface area contributed by atoms with Gasteiger partial charge in [0.2, 0.25) is 0 Å². The van der Waals surface area contributed by atoms with E-state index in [1.807, 2.05) is 30.3 Å². The molecule has 0 aliphatic carbocycles. The molecule has 7 nitrogen and oxygen atoms in total. The molecular weight excluding hydrogens is 356 g/mol. The van der Waals surface area contributed by atoms with Gasteiger partial charge in [-0.2, -0.15) is 0 Å². The van der Waals surface area contributed by atoms with Crippen LogP contribution in [0.25, 0.3) is 28.1 Å². The van der Waals surface area contributed by atoms with E-state index >= 15 is 0 Å². The summed E-state index contributed by atoms with van der Waals surface area (Å²) in [7, 11) is 1.63. The van der Waals surface area contributed by atoms with Crippen LogP contribution in [-0.2, 0) is 0 Å². The van der Waals surface area contributed by atoms with Gasteiger partial charge in [-0.3, -0.25) is 4.98 Å². The largest absolute Gasteiger partial charge is 0.497 e. The summed E-state index contributed by atoms with van der Waals surface area (Å²) in [6, 6.07) is 16.2. The third-order valence-corrected chi connectivity index (χ3v) is 4.31. The van der Waals surface area contributed by atoms with Gasteiger partial charge in [-0.1, -0.05) is 29.5 Å². The van der Waals surface area contributed by atoms with Gasteiger partial charge in [0.05, 0.1) is 30.8 Å². The van der Waals surface area contributed by atoms with Crippen LogP contribution in [0.15, 0.2) is 73.2 Å². The maximum absolute atomic E-state index is 11.0. The number of carbonyl (C=O) groups is 1. The normalized spacial score (nSPS) is 10.6. The second-order valence-corrected chi connectivity index (χ2v) is 6.09. The van der Waals surface area contributed by atoms with E-state index in [9.17, 15) is 4.79 Å². The quantitative estimate of drug-likeness (QED) is 0.574. The molecule has 0 unspecified atom stereocenters. The molecule has 0 radical (unpaired) electrons. The molecule has 7 heteroatoms. The number of methoxy groups -OCH3 is 1. The van der Waals surface area contributed by atoms with E-state index in [-0.39, 0.29) is 5.56 Å². The summed E-state index contributed by atoms with van der Waals surface area (Å²) in [6.07, 6.45) is 5.26. The Hall–Kier alpha value is -4.00. The Morgan fingerprint density at radius 1 is 1.00 bits per heavy atom. The SMILES string of the molecule is COc1cccc(-c2cncc(-n3cc(-c4ccc(C(=O)O)cc4)nn3)c2)c1. The molecule has 0 amide bonds. The van der Waals surface area contributed by atoms with E-state index in [1.54, 1.807) is 54.6 Å². The predicted molar refractivity (Wildman–Crippen MR) is 104 cm³/mol. The van der Waals surface area contributed by atoms with Crippen LogP contribution in [0.3, 0.4) is 0 Å². The van der Waals surface area contributed by atoms with E-state index in [2.05, 4.69) is 15.3 Å². The maximum atomic E-state index is 11.0. The number of ether oxygens (including phenoxy) is 1. The van der Waals surface area contributed by atoms with Crippen molar-refractivity contribution in [3.63, 3.8) is 0 Å². The fraction of sp³-hybridized carbons (Fsp3) is 0.0476. The third-order valence-electron chi connectivity index (χ3n) is 4.31. The fourth-order valence-electron chi connectivity index (χ4n) is 2.82. The molecule has 4 rings (SSSR count). The summed E-state index contributed by atoms with van der Waals surface area (Å²) < 4.78 is 6.92. The highest BCUT2D eigenvalue weighted by molar-refractivity contribution is 5.88. The summed E-state index contributed by atoms with van der Waals surface area (Å²) in [4.78, 5) is 15.3. The van der Waals surface area contributed by atoms with Gasteiger partial charge in [-0.15, -0.1) is 5.10 Å². The van der Waals surface area contributed by atoms with Crippen LogP contribution in [0.2, 0.25) is 0 Å². The van der Waals surface area contributed by atoms with Gasteiger partial charge in [0.1, 0.15) is 11.4 Å². The summed E-state index contributed by atoms with van der Waals surface area (Å²) in [5.41, 5.74) is 4.34. The molecule has 0 saturated carbocycles. The Kier molecular flexibility index (Phi) is 4.55. The second kappa shape index (κ2) is 7.32. The number of benzene rings is 2. The topological polar surface area (TPSA) is 90.1 Å². The summed E-state index contributed by atoms with van der Waals surface area (Å²) in [5.74, 6) is -0.189. The van der Waals surface area contributed by atoms with Crippen molar-refractivity contribution in [3.8, 4) is 33.8 Å². The van der Waals surface area contributed by atoms with Crippen LogP contribution >= 0.6 is 0 Å². The molecule has 0 bridgehead atoms. The lowest BCUT2D eigenvalue weighted by Gasteiger charge is -2.06. The van der Waals surface area contributed by atoms with E-state index in [0.29, 0.717) is 5.69 Å². The Balaban J connectivity index is 1.64. The monoisotopic (exact) mass is 372 g/mol. The first-order valence-corrected chi connectivity index (χ1v) is 8.50. The number of rotatable bonds is 5. The molecule has 4 aromatic rings. The zero-order valence-corrected chi connectivity index (χ0v) is 15.0. The van der Waals surface area contributed by atoms with Crippen LogP contribution in [-0.4, -0.2) is 38.2 Å². The maximum Gasteiger partial charge on any atom is 0.335 e. The Morgan fingerprint density at radius 2 is 1.82 bits per heavy atom. The molecule has 2 aromatic heterocycles. The minimum Gasteiger partial charge on any atom is -0.497 e. The molecular formula is C21H16N4O3. The van der Waals surface area contributed by atoms with Crippen molar-refractivity contribution in [2.75, 3.05) is 7.11 Å². The highest BCUT2D eigenvalue weighted by Crippen LogP contribution is 2.25. The minimum absolute atomic E-state index is 0.228. The highest BCUT2D eigenvalue weighted by Gasteiger charge is 2.09. The predicted octanol–water partition coefficient (Wildman–Crippen LogP) is 3.70. The average molecular weight is 372 g/mol. The molecule has 28 heavy (non-hydrogen) atoms. The van der Waals surface area contributed by atoms with Gasteiger partial charge >= 0.3 is 5.97 Å². The molecule has 0 aliphatic rings. The number of carboxylic acid groups (broad SMARTS) is 1. The molecule has 2 heterocycles. The fourth-order valence-corrected chi connectivity index (χ4v) is 2.82. The molecule has 0 fully saturated rings. The number of pyridine rings is 1. The van der Waals surface area contributed by atoms with Crippen molar-refractivity contribution < 1.29 is 14.6 Å². The number of carboxylic acids is 1. The summed E-state index contributed by atoms with van der Waals surface area (Å²) in [6.45, 7) is 0. The molecule has 0 saturated heterocycles. The second-order valence-electron chi connectivity index (χ2n) is 6.09. The molecule has 0 aliphatic heterocycles. The van der Waals surface area contributed by atoms with Gasteiger partial charge in [-0.05, 0) is 35.9 Å². The molecule has 0 atom stereocenters. The van der Waals surface area contributed by atoms with Gasteiger partial charge in [-0.25, -0.2) is 9.48 Å².